The first-order chi connectivity index (χ1) is 15.7. The van der Waals surface area contributed by atoms with E-state index in [1.54, 1.807) is 12.1 Å². The first-order valence-corrected chi connectivity index (χ1v) is 13.6. The van der Waals surface area contributed by atoms with Crippen LogP contribution in [0.5, 0.6) is 5.75 Å². The quantitative estimate of drug-likeness (QED) is 0.225. The highest BCUT2D eigenvalue weighted by Crippen LogP contribution is 2.48. The zero-order chi connectivity index (χ0) is 26.2. The molecular weight excluding hydrogens is 445 g/mol. The maximum atomic E-state index is 13.0. The lowest BCUT2D eigenvalue weighted by molar-refractivity contribution is 0.286. The van der Waals surface area contributed by atoms with E-state index in [-0.39, 0.29) is 10.8 Å². The fraction of sp³-hybridized carbons (Fsp3) is 0.571. The molecule has 0 saturated carbocycles. The van der Waals surface area contributed by atoms with Gasteiger partial charge in [-0.15, -0.1) is 0 Å². The van der Waals surface area contributed by atoms with Gasteiger partial charge in [-0.25, -0.2) is 0 Å². The zero-order valence-electron chi connectivity index (χ0n) is 22.9. The van der Waals surface area contributed by atoms with Gasteiger partial charge in [-0.1, -0.05) is 67.4 Å². The maximum absolute atomic E-state index is 13.0. The second-order valence-electron chi connectivity index (χ2n) is 10.7. The SMILES string of the molecule is CCCCCNc1ccc(O)cc1.COP(=O)(OC)c1cc(C(C)(C)C)c(C)cc1C(C)(C)C. The van der Waals surface area contributed by atoms with Crippen molar-refractivity contribution in [3.8, 4) is 5.75 Å². The summed E-state index contributed by atoms with van der Waals surface area (Å²) in [6.45, 7) is 18.1. The number of hydrogen-bond donors (Lipinski definition) is 2. The van der Waals surface area contributed by atoms with Crippen LogP contribution in [0, 0.1) is 6.92 Å². The summed E-state index contributed by atoms with van der Waals surface area (Å²) in [7, 11) is -0.408. The minimum Gasteiger partial charge on any atom is -0.508 e. The first-order valence-electron chi connectivity index (χ1n) is 12.1. The number of phenols is 1. The molecule has 6 heteroatoms. The van der Waals surface area contributed by atoms with Gasteiger partial charge in [0, 0.05) is 26.5 Å². The first kappa shape index (κ1) is 30.2. The fourth-order valence-corrected chi connectivity index (χ4v) is 5.31. The van der Waals surface area contributed by atoms with Crippen LogP contribution < -0.4 is 10.6 Å². The molecule has 2 aromatic rings. The molecule has 2 rings (SSSR count). The molecule has 0 fully saturated rings. The van der Waals surface area contributed by atoms with Crippen LogP contribution in [0.3, 0.4) is 0 Å². The number of aryl methyl sites for hydroxylation is 1. The minimum atomic E-state index is -3.28. The van der Waals surface area contributed by atoms with Gasteiger partial charge in [-0.2, -0.15) is 0 Å². The van der Waals surface area contributed by atoms with Crippen molar-refractivity contribution >= 4 is 18.6 Å². The van der Waals surface area contributed by atoms with Crippen molar-refractivity contribution in [3.05, 3.63) is 53.1 Å². The third-order valence-electron chi connectivity index (χ3n) is 5.71. The number of aromatic hydroxyl groups is 1. The van der Waals surface area contributed by atoms with Gasteiger partial charge in [0.05, 0.1) is 5.30 Å². The van der Waals surface area contributed by atoms with Crippen LogP contribution in [0.2, 0.25) is 0 Å². The monoisotopic (exact) mass is 491 g/mol. The standard InChI is InChI=1S/C17H29O3P.C11H17NO/c1-12-10-14(17(5,6)7)15(21(18,19-8)20-9)11-13(12)16(2,3)4;1-2-3-4-9-12-10-5-7-11(13)8-6-10/h10-11H,1-9H3;5-8,12-13H,2-4,9H2,1H3. The summed E-state index contributed by atoms with van der Waals surface area (Å²) in [6, 6.07) is 11.3. The number of rotatable bonds is 8. The molecule has 0 spiro atoms. The van der Waals surface area contributed by atoms with Crippen LogP contribution in [0.25, 0.3) is 0 Å². The van der Waals surface area contributed by atoms with Crippen LogP contribution in [0.4, 0.5) is 5.69 Å². The van der Waals surface area contributed by atoms with E-state index in [1.165, 1.54) is 44.6 Å². The van der Waals surface area contributed by atoms with Gasteiger partial charge in [0.1, 0.15) is 5.75 Å². The van der Waals surface area contributed by atoms with Crippen molar-refractivity contribution in [2.24, 2.45) is 0 Å². The molecule has 0 aliphatic carbocycles. The van der Waals surface area contributed by atoms with Gasteiger partial charge in [0.15, 0.2) is 0 Å². The van der Waals surface area contributed by atoms with Crippen LogP contribution in [-0.2, 0) is 24.4 Å². The maximum Gasteiger partial charge on any atom is 0.361 e. The summed E-state index contributed by atoms with van der Waals surface area (Å²) in [5, 5.41) is 13.0. The van der Waals surface area contributed by atoms with Crippen LogP contribution >= 0.6 is 7.60 Å². The van der Waals surface area contributed by atoms with E-state index < -0.39 is 7.60 Å². The Balaban J connectivity index is 0.000000380. The number of unbranched alkanes of at least 4 members (excludes halogenated alkanes) is 2. The Labute approximate surface area is 207 Å². The Kier molecular flexibility index (Phi) is 11.3. The molecule has 0 amide bonds. The van der Waals surface area contributed by atoms with E-state index in [9.17, 15) is 4.57 Å². The molecule has 0 saturated heterocycles. The third kappa shape index (κ3) is 8.76. The van der Waals surface area contributed by atoms with Gasteiger partial charge in [0.2, 0.25) is 0 Å². The molecule has 0 radical (unpaired) electrons. The van der Waals surface area contributed by atoms with E-state index in [2.05, 4.69) is 66.8 Å². The van der Waals surface area contributed by atoms with Crippen molar-refractivity contribution < 1.29 is 18.7 Å². The molecule has 0 unspecified atom stereocenters. The second-order valence-corrected chi connectivity index (χ2v) is 12.9. The van der Waals surface area contributed by atoms with Gasteiger partial charge in [-0.05, 0) is 71.2 Å². The number of anilines is 1. The Morgan fingerprint density at radius 3 is 1.85 bits per heavy atom. The molecule has 2 aromatic carbocycles. The van der Waals surface area contributed by atoms with E-state index >= 15 is 0 Å². The molecule has 0 atom stereocenters. The molecule has 0 aromatic heterocycles. The highest BCUT2D eigenvalue weighted by Gasteiger charge is 2.34. The summed E-state index contributed by atoms with van der Waals surface area (Å²) >= 11 is 0. The van der Waals surface area contributed by atoms with Crippen molar-refractivity contribution in [2.45, 2.75) is 85.5 Å². The predicted octanol–water partition coefficient (Wildman–Crippen LogP) is 7.70. The summed E-state index contributed by atoms with van der Waals surface area (Å²) in [5.41, 5.74) is 4.30. The lowest BCUT2D eigenvalue weighted by atomic mass is 9.79. The fourth-order valence-electron chi connectivity index (χ4n) is 3.79. The van der Waals surface area contributed by atoms with Crippen molar-refractivity contribution in [3.63, 3.8) is 0 Å². The van der Waals surface area contributed by atoms with E-state index in [0.29, 0.717) is 11.1 Å². The van der Waals surface area contributed by atoms with Gasteiger partial charge in [0.25, 0.3) is 0 Å². The topological polar surface area (TPSA) is 67.8 Å². The average Bonchev–Trinajstić information content (AvgIpc) is 2.76. The van der Waals surface area contributed by atoms with Gasteiger partial charge in [-0.3, -0.25) is 4.57 Å². The summed E-state index contributed by atoms with van der Waals surface area (Å²) in [4.78, 5) is 0. The Morgan fingerprint density at radius 2 is 1.41 bits per heavy atom. The summed E-state index contributed by atoms with van der Waals surface area (Å²) < 4.78 is 23.5. The smallest absolute Gasteiger partial charge is 0.361 e. The molecule has 0 bridgehead atoms. The van der Waals surface area contributed by atoms with Crippen molar-refractivity contribution in [1.29, 1.82) is 0 Å². The molecule has 0 aliphatic rings. The minimum absolute atomic E-state index is 0.0262. The Hall–Kier alpha value is -1.81. The molecular formula is C28H46NO4P. The molecule has 0 heterocycles. The molecule has 192 valence electrons. The average molecular weight is 492 g/mol. The van der Waals surface area contributed by atoms with Crippen LogP contribution in [0.15, 0.2) is 36.4 Å². The molecule has 2 N–H and O–H groups in total. The third-order valence-corrected chi connectivity index (χ3v) is 7.63. The summed E-state index contributed by atoms with van der Waals surface area (Å²) in [6.07, 6.45) is 3.72. The molecule has 5 nitrogen and oxygen atoms in total. The van der Waals surface area contributed by atoms with Gasteiger partial charge < -0.3 is 19.5 Å². The van der Waals surface area contributed by atoms with E-state index in [0.717, 1.165) is 17.8 Å². The Bertz CT molecular complexity index is 933. The summed E-state index contributed by atoms with van der Waals surface area (Å²) in [5.74, 6) is 0.319. The highest BCUT2D eigenvalue weighted by atomic mass is 31.2. The highest BCUT2D eigenvalue weighted by molar-refractivity contribution is 7.62. The van der Waals surface area contributed by atoms with Crippen LogP contribution in [-0.4, -0.2) is 25.9 Å². The lowest BCUT2D eigenvalue weighted by Gasteiger charge is -2.30. The number of nitrogens with one attached hydrogen (secondary N) is 1. The molecule has 0 aliphatic heterocycles. The normalized spacial score (nSPS) is 12.2. The Morgan fingerprint density at radius 1 is 0.882 bits per heavy atom. The van der Waals surface area contributed by atoms with Gasteiger partial charge >= 0.3 is 7.60 Å². The number of benzene rings is 2. The second kappa shape index (κ2) is 12.8. The van der Waals surface area contributed by atoms with Crippen molar-refractivity contribution in [1.82, 2.24) is 0 Å². The predicted molar refractivity (Wildman–Crippen MR) is 146 cm³/mol. The van der Waals surface area contributed by atoms with E-state index in [4.69, 9.17) is 14.2 Å². The molecule has 34 heavy (non-hydrogen) atoms. The largest absolute Gasteiger partial charge is 0.508 e. The lowest BCUT2D eigenvalue weighted by Crippen LogP contribution is -2.27. The van der Waals surface area contributed by atoms with Crippen LogP contribution in [0.1, 0.15) is 84.4 Å². The van der Waals surface area contributed by atoms with Crippen molar-refractivity contribution in [2.75, 3.05) is 26.1 Å². The van der Waals surface area contributed by atoms with E-state index in [1.807, 2.05) is 18.2 Å². The number of phenolic OH excluding ortho intramolecular Hbond substituents is 1. The number of hydrogen-bond acceptors (Lipinski definition) is 5. The zero-order valence-corrected chi connectivity index (χ0v) is 23.8.